The van der Waals surface area contributed by atoms with Crippen molar-refractivity contribution in [2.75, 3.05) is 6.54 Å². The van der Waals surface area contributed by atoms with Gasteiger partial charge in [-0.3, -0.25) is 0 Å². The van der Waals surface area contributed by atoms with Crippen molar-refractivity contribution < 1.29 is 0 Å². The van der Waals surface area contributed by atoms with Crippen molar-refractivity contribution in [2.45, 2.75) is 37.8 Å². The average Bonchev–Trinajstić information content (AvgIpc) is 2.29. The summed E-state index contributed by atoms with van der Waals surface area (Å²) in [4.78, 5) is 2.51. The van der Waals surface area contributed by atoms with Crippen LogP contribution in [0.15, 0.2) is 24.4 Å². The summed E-state index contributed by atoms with van der Waals surface area (Å²) in [5.41, 5.74) is 6.03. The molecule has 0 aromatic carbocycles. The van der Waals surface area contributed by atoms with Crippen molar-refractivity contribution in [3.63, 3.8) is 0 Å². The summed E-state index contributed by atoms with van der Waals surface area (Å²) in [6.45, 7) is 1.24. The van der Waals surface area contributed by atoms with Crippen LogP contribution >= 0.6 is 12.4 Å². The van der Waals surface area contributed by atoms with Gasteiger partial charge in [-0.2, -0.15) is 0 Å². The number of piperidine rings is 1. The SMILES string of the molecule is Cl.NC1C=CN2CCC3CCC=CC3C2C1. The Bertz CT molecular complexity index is 300. The minimum Gasteiger partial charge on any atom is -0.374 e. The van der Waals surface area contributed by atoms with Crippen LogP contribution in [0.3, 0.4) is 0 Å². The van der Waals surface area contributed by atoms with E-state index in [9.17, 15) is 0 Å². The van der Waals surface area contributed by atoms with Crippen molar-refractivity contribution in [2.24, 2.45) is 17.6 Å². The van der Waals surface area contributed by atoms with Crippen LogP contribution in [0.2, 0.25) is 0 Å². The van der Waals surface area contributed by atoms with Gasteiger partial charge < -0.3 is 10.6 Å². The zero-order chi connectivity index (χ0) is 10.3. The zero-order valence-corrected chi connectivity index (χ0v) is 10.4. The lowest BCUT2D eigenvalue weighted by Crippen LogP contribution is -2.50. The molecule has 1 fully saturated rings. The Balaban J connectivity index is 0.000000963. The molecule has 16 heavy (non-hydrogen) atoms. The molecule has 2 heterocycles. The number of halogens is 1. The predicted molar refractivity (Wildman–Crippen MR) is 69.4 cm³/mol. The molecule has 0 aromatic heterocycles. The molecule has 90 valence electrons. The fourth-order valence-electron chi connectivity index (χ4n) is 3.45. The van der Waals surface area contributed by atoms with Crippen LogP contribution in [0.5, 0.6) is 0 Å². The number of rotatable bonds is 0. The number of fused-ring (bicyclic) bond motifs is 3. The third-order valence-electron chi connectivity index (χ3n) is 4.27. The third kappa shape index (κ3) is 2.01. The first kappa shape index (κ1) is 12.0. The number of nitrogens with two attached hydrogens (primary N) is 1. The molecule has 3 heteroatoms. The van der Waals surface area contributed by atoms with Crippen LogP contribution in [-0.4, -0.2) is 23.5 Å². The van der Waals surface area contributed by atoms with Crippen molar-refractivity contribution in [3.8, 4) is 0 Å². The van der Waals surface area contributed by atoms with Crippen molar-refractivity contribution >= 4 is 12.4 Å². The van der Waals surface area contributed by atoms with E-state index in [1.54, 1.807) is 0 Å². The summed E-state index contributed by atoms with van der Waals surface area (Å²) >= 11 is 0. The van der Waals surface area contributed by atoms with E-state index >= 15 is 0 Å². The molecule has 0 spiro atoms. The van der Waals surface area contributed by atoms with E-state index in [0.717, 1.165) is 18.3 Å². The summed E-state index contributed by atoms with van der Waals surface area (Å²) in [5.74, 6) is 1.69. The van der Waals surface area contributed by atoms with Crippen LogP contribution in [-0.2, 0) is 0 Å². The monoisotopic (exact) mass is 240 g/mol. The van der Waals surface area contributed by atoms with Crippen molar-refractivity contribution in [1.82, 2.24) is 4.90 Å². The van der Waals surface area contributed by atoms with Crippen LogP contribution in [0.25, 0.3) is 0 Å². The predicted octanol–water partition coefficient (Wildman–Crippen LogP) is 2.31. The molecule has 0 aromatic rings. The lowest BCUT2D eigenvalue weighted by molar-refractivity contribution is 0.0887. The molecule has 3 aliphatic rings. The van der Waals surface area contributed by atoms with E-state index in [2.05, 4.69) is 29.3 Å². The molecular formula is C13H21ClN2. The van der Waals surface area contributed by atoms with E-state index < -0.39 is 0 Å². The van der Waals surface area contributed by atoms with Gasteiger partial charge >= 0.3 is 0 Å². The number of nitrogens with zero attached hydrogens (tertiary/aromatic N) is 1. The van der Waals surface area contributed by atoms with Gasteiger partial charge in [0.15, 0.2) is 0 Å². The molecule has 4 unspecified atom stereocenters. The first-order chi connectivity index (χ1) is 7.34. The molecule has 4 atom stereocenters. The molecule has 0 radical (unpaired) electrons. The van der Waals surface area contributed by atoms with Crippen LogP contribution in [0.1, 0.15) is 25.7 Å². The van der Waals surface area contributed by atoms with Gasteiger partial charge in [-0.05, 0) is 37.8 Å². The number of hydrogen-bond acceptors (Lipinski definition) is 2. The second-order valence-corrected chi connectivity index (χ2v) is 5.18. The largest absolute Gasteiger partial charge is 0.374 e. The van der Waals surface area contributed by atoms with Crippen molar-refractivity contribution in [3.05, 3.63) is 24.4 Å². The number of allylic oxidation sites excluding steroid dienone is 1. The first-order valence-corrected chi connectivity index (χ1v) is 6.21. The highest BCUT2D eigenvalue weighted by molar-refractivity contribution is 5.85. The summed E-state index contributed by atoms with van der Waals surface area (Å²) < 4.78 is 0. The molecule has 2 N–H and O–H groups in total. The fraction of sp³-hybridized carbons (Fsp3) is 0.692. The molecule has 2 aliphatic heterocycles. The Labute approximate surface area is 104 Å². The topological polar surface area (TPSA) is 29.3 Å². The summed E-state index contributed by atoms with van der Waals surface area (Å²) in [6, 6.07) is 0.959. The quantitative estimate of drug-likeness (QED) is 0.659. The Morgan fingerprint density at radius 2 is 2.06 bits per heavy atom. The summed E-state index contributed by atoms with van der Waals surface area (Å²) in [7, 11) is 0. The Morgan fingerprint density at radius 1 is 1.19 bits per heavy atom. The maximum atomic E-state index is 6.03. The average molecular weight is 241 g/mol. The molecule has 0 saturated carbocycles. The lowest BCUT2D eigenvalue weighted by atomic mass is 9.72. The molecule has 1 saturated heterocycles. The van der Waals surface area contributed by atoms with Gasteiger partial charge in [-0.1, -0.05) is 18.2 Å². The Hall–Kier alpha value is -0.470. The molecule has 2 nitrogen and oxygen atoms in total. The Morgan fingerprint density at radius 3 is 2.94 bits per heavy atom. The molecule has 0 bridgehead atoms. The standard InChI is InChI=1S/C13H20N2.ClH/c14-11-6-8-15-7-5-10-3-1-2-4-12(10)13(15)9-11;/h2,4,6,8,10-13H,1,3,5,7,9,14H2;1H. The molecule has 1 aliphatic carbocycles. The van der Waals surface area contributed by atoms with Crippen molar-refractivity contribution in [1.29, 1.82) is 0 Å². The van der Waals surface area contributed by atoms with Gasteiger partial charge in [0.25, 0.3) is 0 Å². The van der Waals surface area contributed by atoms with E-state index in [0.29, 0.717) is 6.04 Å². The highest BCUT2D eigenvalue weighted by atomic mass is 35.5. The van der Waals surface area contributed by atoms with E-state index in [-0.39, 0.29) is 18.4 Å². The van der Waals surface area contributed by atoms with Gasteiger partial charge in [0.1, 0.15) is 0 Å². The zero-order valence-electron chi connectivity index (χ0n) is 9.59. The lowest BCUT2D eigenvalue weighted by Gasteiger charge is -2.48. The maximum Gasteiger partial charge on any atom is 0.0367 e. The van der Waals surface area contributed by atoms with Crippen LogP contribution in [0, 0.1) is 11.8 Å². The normalized spacial score (nSPS) is 40.9. The molecule has 0 amide bonds. The second-order valence-electron chi connectivity index (χ2n) is 5.18. The van der Waals surface area contributed by atoms with Gasteiger partial charge in [-0.15, -0.1) is 12.4 Å². The van der Waals surface area contributed by atoms with Crippen LogP contribution in [0.4, 0.5) is 0 Å². The highest BCUT2D eigenvalue weighted by Crippen LogP contribution is 2.39. The van der Waals surface area contributed by atoms with Gasteiger partial charge in [0, 0.05) is 24.5 Å². The highest BCUT2D eigenvalue weighted by Gasteiger charge is 2.37. The van der Waals surface area contributed by atoms with Gasteiger partial charge in [-0.25, -0.2) is 0 Å². The van der Waals surface area contributed by atoms with Gasteiger partial charge in [0.2, 0.25) is 0 Å². The smallest absolute Gasteiger partial charge is 0.0367 e. The fourth-order valence-corrected chi connectivity index (χ4v) is 3.45. The van der Waals surface area contributed by atoms with Crippen LogP contribution < -0.4 is 5.73 Å². The summed E-state index contributed by atoms with van der Waals surface area (Å²) in [5, 5.41) is 0. The maximum absolute atomic E-state index is 6.03. The molecular weight excluding hydrogens is 220 g/mol. The van der Waals surface area contributed by atoms with E-state index in [1.165, 1.54) is 25.8 Å². The minimum absolute atomic E-state index is 0. The number of hydrogen-bond donors (Lipinski definition) is 1. The first-order valence-electron chi connectivity index (χ1n) is 6.21. The Kier molecular flexibility index (Phi) is 3.60. The van der Waals surface area contributed by atoms with E-state index in [4.69, 9.17) is 5.73 Å². The summed E-state index contributed by atoms with van der Waals surface area (Å²) in [6.07, 6.45) is 14.4. The van der Waals surface area contributed by atoms with E-state index in [1.807, 2.05) is 0 Å². The second kappa shape index (κ2) is 4.80. The minimum atomic E-state index is 0. The molecule has 3 rings (SSSR count). The third-order valence-corrected chi connectivity index (χ3v) is 4.27. The van der Waals surface area contributed by atoms with Gasteiger partial charge in [0.05, 0.1) is 0 Å².